The lowest BCUT2D eigenvalue weighted by Gasteiger charge is -2.23. The Morgan fingerprint density at radius 1 is 1.21 bits per heavy atom. The van der Waals surface area contributed by atoms with Crippen molar-refractivity contribution in [2.45, 2.75) is 25.8 Å². The number of benzene rings is 1. The molecule has 1 aromatic rings. The smallest absolute Gasteiger partial charge is 0.266 e. The number of nitrogens with zero attached hydrogens (tertiary/aromatic N) is 1. The first-order valence-electron chi connectivity index (χ1n) is 9.21. The highest BCUT2D eigenvalue weighted by Gasteiger charge is 2.48. The number of hydrogen-bond acceptors (Lipinski definition) is 5. The van der Waals surface area contributed by atoms with Crippen LogP contribution in [0.15, 0.2) is 66.0 Å². The van der Waals surface area contributed by atoms with Gasteiger partial charge in [-0.25, -0.2) is 0 Å². The van der Waals surface area contributed by atoms with Gasteiger partial charge in [-0.2, -0.15) is 0 Å². The quantitative estimate of drug-likeness (QED) is 0.366. The molecule has 6 nitrogen and oxygen atoms in total. The maximum atomic E-state index is 13.2. The lowest BCUT2D eigenvalue weighted by Crippen LogP contribution is -2.36. The van der Waals surface area contributed by atoms with E-state index >= 15 is 0 Å². The summed E-state index contributed by atoms with van der Waals surface area (Å²) >= 11 is 0. The normalized spacial score (nSPS) is 23.3. The summed E-state index contributed by atoms with van der Waals surface area (Å²) in [4.78, 5) is 27.7. The highest BCUT2D eigenvalue weighted by atomic mass is 16.7. The van der Waals surface area contributed by atoms with Gasteiger partial charge in [0.15, 0.2) is 17.3 Å². The molecule has 0 radical (unpaired) electrons. The Morgan fingerprint density at radius 3 is 2.68 bits per heavy atom. The molecule has 2 aliphatic heterocycles. The highest BCUT2D eigenvalue weighted by molar-refractivity contribution is 6.34. The summed E-state index contributed by atoms with van der Waals surface area (Å²) in [6.45, 7) is 5.99. The van der Waals surface area contributed by atoms with Crippen LogP contribution in [0.25, 0.3) is 0 Å². The average Bonchev–Trinajstić information content (AvgIpc) is 3.36. The van der Waals surface area contributed by atoms with Crippen LogP contribution in [0.5, 0.6) is 11.5 Å². The number of Topliss-reactive ketones (excluding diaryl/α,β-unsaturated/α-hetero) is 1. The van der Waals surface area contributed by atoms with E-state index in [2.05, 4.69) is 6.58 Å². The zero-order valence-corrected chi connectivity index (χ0v) is 15.6. The lowest BCUT2D eigenvalue weighted by atomic mass is 10.0. The van der Waals surface area contributed by atoms with E-state index in [0.29, 0.717) is 22.8 Å². The van der Waals surface area contributed by atoms with Crippen molar-refractivity contribution in [1.82, 2.24) is 0 Å². The summed E-state index contributed by atoms with van der Waals surface area (Å²) in [7, 11) is 0. The van der Waals surface area contributed by atoms with E-state index in [1.54, 1.807) is 30.4 Å². The molecular weight excluding hydrogens is 358 g/mol. The Kier molecular flexibility index (Phi) is 4.55. The number of rotatable bonds is 5. The number of aliphatic hydroxyl groups is 1. The second-order valence-corrected chi connectivity index (χ2v) is 6.97. The molecule has 1 aliphatic carbocycles. The van der Waals surface area contributed by atoms with Crippen molar-refractivity contribution in [3.05, 3.63) is 66.0 Å². The molecule has 0 aromatic heterocycles. The second-order valence-electron chi connectivity index (χ2n) is 6.97. The monoisotopic (exact) mass is 379 g/mol. The second kappa shape index (κ2) is 7.03. The zero-order chi connectivity index (χ0) is 19.8. The Hall–Kier alpha value is -3.28. The standard InChI is InChI=1S/C22H21NO5/c1-3-4-5-6-13(2)19-21(25)18(20(24)14-7-8-14)22(26)23(19)15-9-10-16-17(11-15)28-12-27-16/h3-6,9-11,14,19,24H,2,7-8,12H2,1H3/b4-3-,6-5-,20-18?. The number of aliphatic hydroxyl groups excluding tert-OH is 1. The molecule has 1 amide bonds. The van der Waals surface area contributed by atoms with Gasteiger partial charge in [0.2, 0.25) is 6.79 Å². The molecule has 4 rings (SSSR count). The third-order valence-corrected chi connectivity index (χ3v) is 5.01. The van der Waals surface area contributed by atoms with Gasteiger partial charge in [-0.3, -0.25) is 14.5 Å². The molecule has 3 aliphatic rings. The molecule has 28 heavy (non-hydrogen) atoms. The largest absolute Gasteiger partial charge is 0.511 e. The van der Waals surface area contributed by atoms with Crippen LogP contribution in [0.4, 0.5) is 5.69 Å². The van der Waals surface area contributed by atoms with Crippen molar-refractivity contribution in [1.29, 1.82) is 0 Å². The van der Waals surface area contributed by atoms with Crippen molar-refractivity contribution in [3.8, 4) is 11.5 Å². The van der Waals surface area contributed by atoms with Crippen molar-refractivity contribution in [2.75, 3.05) is 11.7 Å². The van der Waals surface area contributed by atoms with Crippen LogP contribution in [0.3, 0.4) is 0 Å². The Morgan fingerprint density at radius 2 is 1.96 bits per heavy atom. The average molecular weight is 379 g/mol. The minimum absolute atomic E-state index is 0.103. The van der Waals surface area contributed by atoms with Gasteiger partial charge in [0.25, 0.3) is 5.91 Å². The molecule has 1 N–H and O–H groups in total. The van der Waals surface area contributed by atoms with Crippen LogP contribution in [0.2, 0.25) is 0 Å². The molecule has 1 unspecified atom stereocenters. The predicted molar refractivity (Wildman–Crippen MR) is 104 cm³/mol. The molecule has 1 saturated carbocycles. The number of ketones is 1. The Labute approximate surface area is 163 Å². The number of anilines is 1. The highest BCUT2D eigenvalue weighted by Crippen LogP contribution is 2.42. The van der Waals surface area contributed by atoms with Gasteiger partial charge in [-0.15, -0.1) is 0 Å². The number of hydrogen-bond donors (Lipinski definition) is 1. The molecule has 1 atom stereocenters. The van der Waals surface area contributed by atoms with E-state index in [0.717, 1.165) is 12.8 Å². The van der Waals surface area contributed by atoms with E-state index in [1.165, 1.54) is 4.90 Å². The van der Waals surface area contributed by atoms with Gasteiger partial charge in [0.1, 0.15) is 17.4 Å². The molecule has 144 valence electrons. The number of allylic oxidation sites excluding steroid dienone is 4. The maximum absolute atomic E-state index is 13.2. The molecule has 2 fully saturated rings. The van der Waals surface area contributed by atoms with Crippen molar-refractivity contribution in [3.63, 3.8) is 0 Å². The van der Waals surface area contributed by atoms with Crippen molar-refractivity contribution < 1.29 is 24.2 Å². The van der Waals surface area contributed by atoms with Crippen LogP contribution in [-0.2, 0) is 9.59 Å². The Balaban J connectivity index is 1.78. The first kappa shape index (κ1) is 18.1. The molecular formula is C22H21NO5. The van der Waals surface area contributed by atoms with Crippen LogP contribution in [-0.4, -0.2) is 29.6 Å². The fourth-order valence-corrected chi connectivity index (χ4v) is 3.41. The summed E-state index contributed by atoms with van der Waals surface area (Å²) in [5.74, 6) is -0.0568. The van der Waals surface area contributed by atoms with E-state index in [4.69, 9.17) is 9.47 Å². The summed E-state index contributed by atoms with van der Waals surface area (Å²) in [5.41, 5.74) is 0.824. The lowest BCUT2D eigenvalue weighted by molar-refractivity contribution is -0.116. The fourth-order valence-electron chi connectivity index (χ4n) is 3.41. The first-order chi connectivity index (χ1) is 13.5. The number of fused-ring (bicyclic) bond motifs is 1. The minimum Gasteiger partial charge on any atom is -0.511 e. The van der Waals surface area contributed by atoms with Gasteiger partial charge in [-0.1, -0.05) is 30.9 Å². The summed E-state index contributed by atoms with van der Waals surface area (Å²) in [6.07, 6.45) is 8.70. The third kappa shape index (κ3) is 3.01. The third-order valence-electron chi connectivity index (χ3n) is 5.01. The molecule has 1 aromatic carbocycles. The van der Waals surface area contributed by atoms with Crippen LogP contribution in [0.1, 0.15) is 19.8 Å². The molecule has 2 heterocycles. The predicted octanol–water partition coefficient (Wildman–Crippen LogP) is 3.61. The number of ether oxygens (including phenoxy) is 2. The summed E-state index contributed by atoms with van der Waals surface area (Å²) in [5, 5.41) is 10.5. The number of carbonyl (C=O) groups excluding carboxylic acids is 2. The minimum atomic E-state index is -0.912. The van der Waals surface area contributed by atoms with Gasteiger partial charge >= 0.3 is 0 Å². The Bertz CT molecular complexity index is 952. The van der Waals surface area contributed by atoms with E-state index < -0.39 is 17.7 Å². The van der Waals surface area contributed by atoms with Gasteiger partial charge in [-0.05, 0) is 37.5 Å². The maximum Gasteiger partial charge on any atom is 0.266 e. The van der Waals surface area contributed by atoms with E-state index in [-0.39, 0.29) is 24.0 Å². The molecule has 0 bridgehead atoms. The number of carbonyl (C=O) groups is 2. The van der Waals surface area contributed by atoms with Crippen LogP contribution >= 0.6 is 0 Å². The van der Waals surface area contributed by atoms with E-state index in [1.807, 2.05) is 19.1 Å². The molecule has 6 heteroatoms. The topological polar surface area (TPSA) is 76.1 Å². The zero-order valence-electron chi connectivity index (χ0n) is 15.6. The summed E-state index contributed by atoms with van der Waals surface area (Å²) in [6, 6.07) is 4.16. The number of amides is 1. The van der Waals surface area contributed by atoms with Crippen molar-refractivity contribution in [2.24, 2.45) is 5.92 Å². The van der Waals surface area contributed by atoms with Crippen molar-refractivity contribution >= 4 is 17.4 Å². The van der Waals surface area contributed by atoms with E-state index in [9.17, 15) is 14.7 Å². The van der Waals surface area contributed by atoms with Crippen LogP contribution in [0, 0.1) is 5.92 Å². The summed E-state index contributed by atoms with van der Waals surface area (Å²) < 4.78 is 10.7. The van der Waals surface area contributed by atoms with Gasteiger partial charge < -0.3 is 14.6 Å². The van der Waals surface area contributed by atoms with Gasteiger partial charge in [0, 0.05) is 17.7 Å². The molecule has 0 spiro atoms. The van der Waals surface area contributed by atoms with Gasteiger partial charge in [0.05, 0.1) is 0 Å². The van der Waals surface area contributed by atoms with Crippen LogP contribution < -0.4 is 14.4 Å². The SMILES string of the molecule is C=C(/C=C\C=C/C)C1C(=O)C(=C(O)C2CC2)C(=O)N1c1ccc2c(c1)OCO2. The first-order valence-corrected chi connectivity index (χ1v) is 9.21. The molecule has 1 saturated heterocycles. The fraction of sp³-hybridized carbons (Fsp3) is 0.273.